The Bertz CT molecular complexity index is 1220. The van der Waals surface area contributed by atoms with Crippen LogP contribution in [0.15, 0.2) is 54.7 Å². The van der Waals surface area contributed by atoms with Crippen molar-refractivity contribution in [1.29, 1.82) is 0 Å². The average Bonchev–Trinajstić information content (AvgIpc) is 3.48. The van der Waals surface area contributed by atoms with Crippen LogP contribution in [0.5, 0.6) is 23.0 Å². The minimum absolute atomic E-state index is 0.222. The Labute approximate surface area is 178 Å². The lowest BCUT2D eigenvalue weighted by atomic mass is 10.2. The first-order chi connectivity index (χ1) is 15.2. The molecule has 1 aliphatic heterocycles. The van der Waals surface area contributed by atoms with E-state index in [4.69, 9.17) is 18.9 Å². The maximum absolute atomic E-state index is 5.45. The van der Waals surface area contributed by atoms with Crippen LogP contribution in [0.2, 0.25) is 0 Å². The molecule has 0 fully saturated rings. The largest absolute Gasteiger partial charge is 0.497 e. The van der Waals surface area contributed by atoms with Crippen molar-refractivity contribution in [3.05, 3.63) is 54.7 Å². The number of H-pyrrole nitrogens is 1. The molecule has 0 aliphatic carbocycles. The average molecular weight is 417 g/mol. The number of anilines is 2. The number of rotatable bonds is 6. The molecule has 31 heavy (non-hydrogen) atoms. The maximum atomic E-state index is 5.45. The predicted molar refractivity (Wildman–Crippen MR) is 114 cm³/mol. The second-order valence-electron chi connectivity index (χ2n) is 6.72. The minimum atomic E-state index is 0.222. The molecule has 0 radical (unpaired) electrons. The monoisotopic (exact) mass is 417 g/mol. The van der Waals surface area contributed by atoms with Crippen molar-refractivity contribution < 1.29 is 18.9 Å². The van der Waals surface area contributed by atoms with Gasteiger partial charge in [0.05, 0.1) is 19.8 Å². The Kier molecular flexibility index (Phi) is 4.75. The van der Waals surface area contributed by atoms with Crippen molar-refractivity contribution in [3.8, 4) is 45.8 Å². The van der Waals surface area contributed by atoms with Gasteiger partial charge in [0.25, 0.3) is 0 Å². The quantitative estimate of drug-likeness (QED) is 0.485. The summed E-state index contributed by atoms with van der Waals surface area (Å²) in [6.07, 6.45) is 1.71. The van der Waals surface area contributed by atoms with Crippen molar-refractivity contribution in [2.24, 2.45) is 0 Å². The topological polar surface area (TPSA) is 103 Å². The molecule has 3 heterocycles. The van der Waals surface area contributed by atoms with Crippen molar-refractivity contribution in [2.45, 2.75) is 0 Å². The third-order valence-corrected chi connectivity index (χ3v) is 4.81. The van der Waals surface area contributed by atoms with Gasteiger partial charge < -0.3 is 29.2 Å². The first-order valence-corrected chi connectivity index (χ1v) is 9.51. The van der Waals surface area contributed by atoms with Gasteiger partial charge in [-0.25, -0.2) is 4.98 Å². The summed E-state index contributed by atoms with van der Waals surface area (Å²) in [7, 11) is 3.22. The number of pyridine rings is 1. The highest BCUT2D eigenvalue weighted by molar-refractivity contribution is 5.76. The summed E-state index contributed by atoms with van der Waals surface area (Å²) in [4.78, 5) is 7.73. The normalized spacial score (nSPS) is 11.9. The van der Waals surface area contributed by atoms with Crippen molar-refractivity contribution in [1.82, 2.24) is 20.2 Å². The number of aromatic nitrogens is 4. The molecule has 0 saturated carbocycles. The number of fused-ring (bicyclic) bond motifs is 1. The van der Waals surface area contributed by atoms with Gasteiger partial charge in [-0.2, -0.15) is 0 Å². The number of nitrogens with zero attached hydrogens (tertiary/aromatic N) is 3. The van der Waals surface area contributed by atoms with E-state index in [0.29, 0.717) is 34.7 Å². The van der Waals surface area contributed by atoms with Crippen LogP contribution in [0.25, 0.3) is 22.8 Å². The second kappa shape index (κ2) is 7.86. The van der Waals surface area contributed by atoms with Gasteiger partial charge in [0, 0.05) is 35.6 Å². The maximum Gasteiger partial charge on any atom is 0.231 e. The molecule has 2 aromatic heterocycles. The van der Waals surface area contributed by atoms with Gasteiger partial charge >= 0.3 is 0 Å². The lowest BCUT2D eigenvalue weighted by Gasteiger charge is -2.12. The van der Waals surface area contributed by atoms with E-state index < -0.39 is 0 Å². The molecule has 1 aliphatic rings. The van der Waals surface area contributed by atoms with Crippen LogP contribution in [0.3, 0.4) is 0 Å². The van der Waals surface area contributed by atoms with Gasteiger partial charge in [-0.1, -0.05) is 0 Å². The van der Waals surface area contributed by atoms with Gasteiger partial charge in [-0.15, -0.1) is 10.2 Å². The fourth-order valence-corrected chi connectivity index (χ4v) is 3.27. The molecule has 4 aromatic rings. The highest BCUT2D eigenvalue weighted by Gasteiger charge is 2.17. The number of methoxy groups -OCH3 is 2. The summed E-state index contributed by atoms with van der Waals surface area (Å²) < 4.78 is 21.5. The Hall–Kier alpha value is -4.27. The SMILES string of the molecule is COc1cc(Nc2ncccc2-c2nnc(-c3ccc4c(c3)OCO4)[nH]2)cc(OC)c1. The standard InChI is InChI=1S/C22H19N5O4/c1-28-15-9-14(10-16(11-15)29-2)24-21-17(4-3-7-23-21)22-25-20(26-27-22)13-5-6-18-19(8-13)31-12-30-18/h3-11H,12H2,1-2H3,(H,23,24)(H,25,26,27). The van der Waals surface area contributed by atoms with Crippen LogP contribution in [0, 0.1) is 0 Å². The van der Waals surface area contributed by atoms with Crippen LogP contribution in [-0.2, 0) is 0 Å². The number of benzene rings is 2. The number of ether oxygens (including phenoxy) is 4. The molecular formula is C22H19N5O4. The zero-order chi connectivity index (χ0) is 21.2. The number of aromatic amines is 1. The number of nitrogens with one attached hydrogen (secondary N) is 2. The molecule has 9 heteroatoms. The van der Waals surface area contributed by atoms with Crippen molar-refractivity contribution >= 4 is 11.5 Å². The Morgan fingerprint density at radius 3 is 2.48 bits per heavy atom. The van der Waals surface area contributed by atoms with E-state index in [9.17, 15) is 0 Å². The van der Waals surface area contributed by atoms with Crippen LogP contribution >= 0.6 is 0 Å². The molecule has 0 amide bonds. The Morgan fingerprint density at radius 1 is 0.903 bits per heavy atom. The fraction of sp³-hybridized carbons (Fsp3) is 0.136. The van der Waals surface area contributed by atoms with Crippen molar-refractivity contribution in [3.63, 3.8) is 0 Å². The van der Waals surface area contributed by atoms with E-state index in [0.717, 1.165) is 22.6 Å². The summed E-state index contributed by atoms with van der Waals surface area (Å²) in [6, 6.07) is 14.9. The van der Waals surface area contributed by atoms with E-state index in [-0.39, 0.29) is 6.79 Å². The van der Waals surface area contributed by atoms with Gasteiger partial charge in [0.2, 0.25) is 6.79 Å². The molecule has 0 saturated heterocycles. The molecule has 0 spiro atoms. The van der Waals surface area contributed by atoms with Gasteiger partial charge in [0.15, 0.2) is 23.1 Å². The van der Waals surface area contributed by atoms with E-state index in [1.54, 1.807) is 26.5 Å². The molecule has 0 bridgehead atoms. The van der Waals surface area contributed by atoms with Crippen LogP contribution in [0.1, 0.15) is 0 Å². The number of hydrogen-bond donors (Lipinski definition) is 2. The van der Waals surface area contributed by atoms with E-state index in [1.807, 2.05) is 42.5 Å². The summed E-state index contributed by atoms with van der Waals surface area (Å²) in [5.74, 6) is 4.56. The molecule has 9 nitrogen and oxygen atoms in total. The van der Waals surface area contributed by atoms with E-state index in [1.165, 1.54) is 0 Å². The minimum Gasteiger partial charge on any atom is -0.497 e. The first-order valence-electron chi connectivity index (χ1n) is 9.51. The van der Waals surface area contributed by atoms with E-state index in [2.05, 4.69) is 25.5 Å². The molecule has 0 atom stereocenters. The van der Waals surface area contributed by atoms with Gasteiger partial charge in [-0.05, 0) is 30.3 Å². The van der Waals surface area contributed by atoms with Gasteiger partial charge in [0.1, 0.15) is 17.3 Å². The first kappa shape index (κ1) is 18.7. The summed E-state index contributed by atoms with van der Waals surface area (Å²) in [5, 5.41) is 11.9. The summed E-state index contributed by atoms with van der Waals surface area (Å²) in [6.45, 7) is 0.222. The molecule has 5 rings (SSSR count). The third-order valence-electron chi connectivity index (χ3n) is 4.81. The smallest absolute Gasteiger partial charge is 0.231 e. The van der Waals surface area contributed by atoms with E-state index >= 15 is 0 Å². The summed E-state index contributed by atoms with van der Waals surface area (Å²) in [5.41, 5.74) is 2.38. The molecule has 0 unspecified atom stereocenters. The van der Waals surface area contributed by atoms with Crippen LogP contribution in [0.4, 0.5) is 11.5 Å². The highest BCUT2D eigenvalue weighted by Crippen LogP contribution is 2.36. The zero-order valence-corrected chi connectivity index (χ0v) is 16.9. The zero-order valence-electron chi connectivity index (χ0n) is 16.9. The summed E-state index contributed by atoms with van der Waals surface area (Å²) >= 11 is 0. The van der Waals surface area contributed by atoms with Crippen LogP contribution in [-0.4, -0.2) is 41.2 Å². The third kappa shape index (κ3) is 3.68. The molecular weight excluding hydrogens is 398 g/mol. The van der Waals surface area contributed by atoms with Crippen LogP contribution < -0.4 is 24.3 Å². The molecule has 2 N–H and O–H groups in total. The molecule has 156 valence electrons. The second-order valence-corrected chi connectivity index (χ2v) is 6.72. The molecule has 2 aromatic carbocycles. The highest BCUT2D eigenvalue weighted by atomic mass is 16.7. The predicted octanol–water partition coefficient (Wildman–Crippen LogP) is 4.02. The van der Waals surface area contributed by atoms with Gasteiger partial charge in [-0.3, -0.25) is 0 Å². The number of hydrogen-bond acceptors (Lipinski definition) is 8. The Balaban J connectivity index is 1.46. The lowest BCUT2D eigenvalue weighted by molar-refractivity contribution is 0.174. The lowest BCUT2D eigenvalue weighted by Crippen LogP contribution is -1.98. The Morgan fingerprint density at radius 2 is 1.68 bits per heavy atom. The van der Waals surface area contributed by atoms with Crippen molar-refractivity contribution in [2.75, 3.05) is 26.3 Å². The fourth-order valence-electron chi connectivity index (χ4n) is 3.27.